The first kappa shape index (κ1) is 19.2. The molecule has 0 aliphatic heterocycles. The summed E-state index contributed by atoms with van der Waals surface area (Å²) in [6.07, 6.45) is 0. The number of aromatic nitrogens is 2. The summed E-state index contributed by atoms with van der Waals surface area (Å²) in [5, 5.41) is 4.14. The van der Waals surface area contributed by atoms with Gasteiger partial charge in [0.1, 0.15) is 17.5 Å². The molecule has 0 unspecified atom stereocenters. The predicted molar refractivity (Wildman–Crippen MR) is 113 cm³/mol. The summed E-state index contributed by atoms with van der Waals surface area (Å²) < 4.78 is 0. The van der Waals surface area contributed by atoms with E-state index in [2.05, 4.69) is 58.3 Å². The van der Waals surface area contributed by atoms with Gasteiger partial charge in [0.05, 0.1) is 0 Å². The van der Waals surface area contributed by atoms with Crippen LogP contribution in [0.25, 0.3) is 0 Å². The summed E-state index contributed by atoms with van der Waals surface area (Å²) >= 11 is 5.95. The number of halogens is 1. The van der Waals surface area contributed by atoms with Crippen LogP contribution in [0.1, 0.15) is 30.8 Å². The van der Waals surface area contributed by atoms with E-state index in [1.54, 1.807) is 0 Å². The van der Waals surface area contributed by atoms with Crippen LogP contribution in [0.4, 0.5) is 11.6 Å². The van der Waals surface area contributed by atoms with E-state index in [4.69, 9.17) is 11.6 Å². The quantitative estimate of drug-likeness (QED) is 0.590. The highest BCUT2D eigenvalue weighted by molar-refractivity contribution is 6.30. The van der Waals surface area contributed by atoms with Gasteiger partial charge in [-0.2, -0.15) is 0 Å². The molecule has 0 aliphatic carbocycles. The van der Waals surface area contributed by atoms with Gasteiger partial charge >= 0.3 is 0 Å². The fourth-order valence-electron chi connectivity index (χ4n) is 2.89. The van der Waals surface area contributed by atoms with Gasteiger partial charge in [0.25, 0.3) is 0 Å². The third-order valence-electron chi connectivity index (χ3n) is 4.32. The van der Waals surface area contributed by atoms with Crippen molar-refractivity contribution in [1.82, 2.24) is 9.97 Å². The Morgan fingerprint density at radius 3 is 2.33 bits per heavy atom. The minimum Gasteiger partial charge on any atom is -0.366 e. The molecule has 4 nitrogen and oxygen atoms in total. The van der Waals surface area contributed by atoms with Crippen LogP contribution >= 0.6 is 11.6 Å². The van der Waals surface area contributed by atoms with Crippen molar-refractivity contribution < 1.29 is 0 Å². The van der Waals surface area contributed by atoms with Gasteiger partial charge in [-0.25, -0.2) is 9.97 Å². The van der Waals surface area contributed by atoms with Crippen molar-refractivity contribution in [2.45, 2.75) is 39.9 Å². The maximum Gasteiger partial charge on any atom is 0.134 e. The van der Waals surface area contributed by atoms with E-state index in [1.165, 1.54) is 5.56 Å². The van der Waals surface area contributed by atoms with Crippen molar-refractivity contribution in [3.8, 4) is 0 Å². The first-order valence-electron chi connectivity index (χ1n) is 9.16. The Morgan fingerprint density at radius 1 is 0.963 bits per heavy atom. The van der Waals surface area contributed by atoms with Gasteiger partial charge in [-0.3, -0.25) is 0 Å². The fraction of sp³-hybridized carbons (Fsp3) is 0.273. The molecular weight excluding hydrogens is 356 g/mol. The van der Waals surface area contributed by atoms with E-state index in [0.717, 1.165) is 34.6 Å². The maximum absolute atomic E-state index is 5.95. The lowest BCUT2D eigenvalue weighted by Gasteiger charge is -2.28. The minimum atomic E-state index is 0.323. The van der Waals surface area contributed by atoms with Gasteiger partial charge in [0.15, 0.2) is 0 Å². The van der Waals surface area contributed by atoms with Gasteiger partial charge < -0.3 is 10.2 Å². The molecular formula is C22H25ClN4. The average molecular weight is 381 g/mol. The van der Waals surface area contributed by atoms with Crippen molar-refractivity contribution in [2.75, 3.05) is 10.2 Å². The van der Waals surface area contributed by atoms with Crippen LogP contribution in [0.3, 0.4) is 0 Å². The van der Waals surface area contributed by atoms with Gasteiger partial charge in [0.2, 0.25) is 0 Å². The zero-order chi connectivity index (χ0) is 19.2. The zero-order valence-corrected chi connectivity index (χ0v) is 16.7. The molecule has 1 N–H and O–H groups in total. The van der Waals surface area contributed by atoms with Crippen LogP contribution in [-0.2, 0) is 13.1 Å². The summed E-state index contributed by atoms with van der Waals surface area (Å²) in [4.78, 5) is 11.5. The van der Waals surface area contributed by atoms with E-state index in [-0.39, 0.29) is 0 Å². The molecule has 0 amide bonds. The molecule has 5 heteroatoms. The number of hydrogen-bond donors (Lipinski definition) is 1. The topological polar surface area (TPSA) is 41.1 Å². The van der Waals surface area contributed by atoms with E-state index in [0.29, 0.717) is 12.6 Å². The standard InChI is InChI=1S/C22H25ClN4/c1-16(2)27(15-19-7-5-4-6-8-19)22-13-21(25-17(3)26-22)24-14-18-9-11-20(23)12-10-18/h4-13,16H,14-15H2,1-3H3,(H,24,25,26). The highest BCUT2D eigenvalue weighted by atomic mass is 35.5. The van der Waals surface area contributed by atoms with Crippen LogP contribution in [0.5, 0.6) is 0 Å². The molecule has 3 rings (SSSR count). The summed E-state index contributed by atoms with van der Waals surface area (Å²) in [7, 11) is 0. The third kappa shape index (κ3) is 5.44. The third-order valence-corrected chi connectivity index (χ3v) is 4.58. The monoisotopic (exact) mass is 380 g/mol. The van der Waals surface area contributed by atoms with Crippen molar-refractivity contribution in [3.63, 3.8) is 0 Å². The molecule has 0 saturated carbocycles. The zero-order valence-electron chi connectivity index (χ0n) is 16.0. The Kier molecular flexibility index (Phi) is 6.30. The molecule has 0 bridgehead atoms. The number of aryl methyl sites for hydroxylation is 1. The van der Waals surface area contributed by atoms with Gasteiger partial charge in [-0.1, -0.05) is 54.1 Å². The number of nitrogens with zero attached hydrogens (tertiary/aromatic N) is 3. The number of rotatable bonds is 7. The Labute approximate surface area is 166 Å². The molecule has 140 valence electrons. The van der Waals surface area contributed by atoms with Gasteiger partial charge in [0, 0.05) is 30.2 Å². The smallest absolute Gasteiger partial charge is 0.134 e. The number of anilines is 2. The lowest BCUT2D eigenvalue weighted by molar-refractivity contribution is 0.669. The predicted octanol–water partition coefficient (Wildman–Crippen LogP) is 5.47. The molecule has 0 aliphatic rings. The largest absolute Gasteiger partial charge is 0.366 e. The highest BCUT2D eigenvalue weighted by Crippen LogP contribution is 2.21. The highest BCUT2D eigenvalue weighted by Gasteiger charge is 2.14. The Hall–Kier alpha value is -2.59. The molecule has 0 atom stereocenters. The Balaban J connectivity index is 1.78. The molecule has 0 saturated heterocycles. The lowest BCUT2D eigenvalue weighted by Crippen LogP contribution is -2.31. The van der Waals surface area contributed by atoms with E-state index in [9.17, 15) is 0 Å². The van der Waals surface area contributed by atoms with Crippen LogP contribution in [0.2, 0.25) is 5.02 Å². The lowest BCUT2D eigenvalue weighted by atomic mass is 10.2. The van der Waals surface area contributed by atoms with Crippen LogP contribution in [-0.4, -0.2) is 16.0 Å². The fourth-order valence-corrected chi connectivity index (χ4v) is 3.02. The number of hydrogen-bond acceptors (Lipinski definition) is 4. The second-order valence-corrected chi connectivity index (χ2v) is 7.28. The summed E-state index contributed by atoms with van der Waals surface area (Å²) in [6.45, 7) is 7.79. The first-order chi connectivity index (χ1) is 13.0. The van der Waals surface area contributed by atoms with Crippen LogP contribution in [0, 0.1) is 6.92 Å². The SMILES string of the molecule is Cc1nc(NCc2ccc(Cl)cc2)cc(N(Cc2ccccc2)C(C)C)n1. The summed E-state index contributed by atoms with van der Waals surface area (Å²) in [5.41, 5.74) is 2.42. The molecule has 0 fully saturated rings. The molecule has 27 heavy (non-hydrogen) atoms. The molecule has 0 radical (unpaired) electrons. The first-order valence-corrected chi connectivity index (χ1v) is 9.53. The van der Waals surface area contributed by atoms with Crippen molar-refractivity contribution in [2.24, 2.45) is 0 Å². The number of benzene rings is 2. The van der Waals surface area contributed by atoms with Crippen LogP contribution < -0.4 is 10.2 Å². The van der Waals surface area contributed by atoms with E-state index in [1.807, 2.05) is 43.3 Å². The van der Waals surface area contributed by atoms with Crippen LogP contribution in [0.15, 0.2) is 60.7 Å². The molecule has 0 spiro atoms. The summed E-state index contributed by atoms with van der Waals surface area (Å²) in [6, 6.07) is 20.6. The second kappa shape index (κ2) is 8.87. The molecule has 3 aromatic rings. The van der Waals surface area contributed by atoms with E-state index < -0.39 is 0 Å². The van der Waals surface area contributed by atoms with Gasteiger partial charge in [-0.15, -0.1) is 0 Å². The van der Waals surface area contributed by atoms with Crippen molar-refractivity contribution >= 4 is 23.2 Å². The van der Waals surface area contributed by atoms with Crippen molar-refractivity contribution in [3.05, 3.63) is 82.6 Å². The molecule has 1 heterocycles. The molecule has 1 aromatic heterocycles. The minimum absolute atomic E-state index is 0.323. The van der Waals surface area contributed by atoms with Gasteiger partial charge in [-0.05, 0) is 44.0 Å². The Bertz CT molecular complexity index is 863. The Morgan fingerprint density at radius 2 is 1.67 bits per heavy atom. The second-order valence-electron chi connectivity index (χ2n) is 6.85. The van der Waals surface area contributed by atoms with E-state index >= 15 is 0 Å². The molecule has 2 aromatic carbocycles. The normalized spacial score (nSPS) is 10.9. The average Bonchev–Trinajstić information content (AvgIpc) is 2.66. The maximum atomic E-state index is 5.95. The number of nitrogens with one attached hydrogen (secondary N) is 1. The van der Waals surface area contributed by atoms with Crippen molar-refractivity contribution in [1.29, 1.82) is 0 Å². The summed E-state index contributed by atoms with van der Waals surface area (Å²) in [5.74, 6) is 2.51.